The summed E-state index contributed by atoms with van der Waals surface area (Å²) < 4.78 is 32.9. The van der Waals surface area contributed by atoms with Gasteiger partial charge >= 0.3 is 6.03 Å². The predicted octanol–water partition coefficient (Wildman–Crippen LogP) is 0.418. The number of urea groups is 1. The van der Waals surface area contributed by atoms with Gasteiger partial charge < -0.3 is 31.3 Å². The molecular formula is C20H27F2N7O4. The van der Waals surface area contributed by atoms with Crippen molar-refractivity contribution in [2.24, 2.45) is 10.7 Å². The van der Waals surface area contributed by atoms with Crippen molar-refractivity contribution in [3.05, 3.63) is 36.2 Å². The Kier molecular flexibility index (Phi) is 9.21. The average Bonchev–Trinajstić information content (AvgIpc) is 2.77. The molecule has 0 radical (unpaired) electrons. The minimum Gasteiger partial charge on any atom is -0.405 e. The Morgan fingerprint density at radius 1 is 1.48 bits per heavy atom. The van der Waals surface area contributed by atoms with Crippen molar-refractivity contribution in [2.75, 3.05) is 45.2 Å². The molecule has 0 spiro atoms. The average molecular weight is 467 g/mol. The van der Waals surface area contributed by atoms with E-state index < -0.39 is 42.9 Å². The highest BCUT2D eigenvalue weighted by atomic mass is 19.3. The molecule has 1 fully saturated rings. The summed E-state index contributed by atoms with van der Waals surface area (Å²) in [6.07, 6.45) is 3.85. The second-order valence-electron chi connectivity index (χ2n) is 7.04. The first-order chi connectivity index (χ1) is 15.7. The third-order valence-corrected chi connectivity index (χ3v) is 4.52. The Morgan fingerprint density at radius 2 is 2.24 bits per heavy atom. The Bertz CT molecular complexity index is 923. The van der Waals surface area contributed by atoms with Gasteiger partial charge in [0.2, 0.25) is 5.91 Å². The molecule has 0 bridgehead atoms. The van der Waals surface area contributed by atoms with Crippen LogP contribution in [-0.2, 0) is 14.3 Å². The maximum absolute atomic E-state index is 13.9. The number of hydrogen-bond acceptors (Lipinski definition) is 7. The first-order valence-corrected chi connectivity index (χ1v) is 10.1. The van der Waals surface area contributed by atoms with Crippen molar-refractivity contribution in [2.45, 2.75) is 18.9 Å². The molecule has 33 heavy (non-hydrogen) atoms. The topological polar surface area (TPSA) is 151 Å². The van der Waals surface area contributed by atoms with Gasteiger partial charge in [0.15, 0.2) is 0 Å². The highest BCUT2D eigenvalue weighted by Crippen LogP contribution is 2.28. The molecular weight excluding hydrogens is 440 g/mol. The summed E-state index contributed by atoms with van der Waals surface area (Å²) in [7, 11) is 1.38. The molecule has 1 aliphatic heterocycles. The molecule has 0 saturated carbocycles. The molecule has 11 nitrogen and oxygen atoms in total. The summed E-state index contributed by atoms with van der Waals surface area (Å²) in [5.41, 5.74) is 5.80. The minimum atomic E-state index is -3.10. The van der Waals surface area contributed by atoms with E-state index in [1.165, 1.54) is 37.7 Å². The third-order valence-electron chi connectivity index (χ3n) is 4.52. The van der Waals surface area contributed by atoms with Gasteiger partial charge in [-0.25, -0.2) is 18.6 Å². The largest absolute Gasteiger partial charge is 0.405 e. The first kappa shape index (κ1) is 25.6. The number of nitrogens with one attached hydrogen (secondary N) is 3. The van der Waals surface area contributed by atoms with Gasteiger partial charge in [-0.3, -0.25) is 14.6 Å². The minimum absolute atomic E-state index is 0.0504. The number of aromatic nitrogens is 1. The van der Waals surface area contributed by atoms with E-state index in [-0.39, 0.29) is 24.7 Å². The Balaban J connectivity index is 2.09. The number of amides is 4. The zero-order valence-electron chi connectivity index (χ0n) is 18.3. The summed E-state index contributed by atoms with van der Waals surface area (Å²) in [5, 5.41) is 7.09. The standard InChI is InChI=1S/C20H27F2N7O4/c1-3-24-14(4-6-23)18(31)26-9-17(30)28-16-8-13(5-7-25-16)15(10-33-2)29-12-20(21,22)11-27-19(29)32/h4-8,15H,3,9-12,23H2,1-2H3,(H,26,31)(H,27,32)(H,25,28,30)/b6-4-,24-14?. The van der Waals surface area contributed by atoms with Crippen LogP contribution in [0, 0.1) is 0 Å². The molecule has 1 aromatic rings. The fourth-order valence-electron chi connectivity index (χ4n) is 3.08. The molecule has 1 aromatic heterocycles. The van der Waals surface area contributed by atoms with E-state index in [1.54, 1.807) is 6.92 Å². The van der Waals surface area contributed by atoms with Crippen LogP contribution in [0.25, 0.3) is 0 Å². The molecule has 1 unspecified atom stereocenters. The molecule has 5 N–H and O–H groups in total. The van der Waals surface area contributed by atoms with Gasteiger partial charge in [-0.2, -0.15) is 0 Å². The molecule has 1 atom stereocenters. The maximum atomic E-state index is 13.9. The number of alkyl halides is 2. The number of pyridine rings is 1. The van der Waals surface area contributed by atoms with E-state index in [2.05, 4.69) is 25.9 Å². The molecule has 1 aliphatic rings. The number of nitrogens with two attached hydrogens (primary N) is 1. The van der Waals surface area contributed by atoms with Crippen LogP contribution in [0.4, 0.5) is 19.4 Å². The van der Waals surface area contributed by atoms with Gasteiger partial charge in [-0.1, -0.05) is 0 Å². The lowest BCUT2D eigenvalue weighted by Gasteiger charge is -2.38. The molecule has 13 heteroatoms. The highest BCUT2D eigenvalue weighted by molar-refractivity contribution is 6.43. The summed E-state index contributed by atoms with van der Waals surface area (Å²) in [6.45, 7) is 0.173. The normalized spacial score (nSPS) is 16.9. The number of aliphatic imine (C=N–C) groups is 1. The van der Waals surface area contributed by atoms with Crippen molar-refractivity contribution >= 4 is 29.4 Å². The fraction of sp³-hybridized carbons (Fsp3) is 0.450. The van der Waals surface area contributed by atoms with Gasteiger partial charge in [0.25, 0.3) is 11.8 Å². The molecule has 180 valence electrons. The van der Waals surface area contributed by atoms with E-state index in [9.17, 15) is 23.2 Å². The number of methoxy groups -OCH3 is 1. The van der Waals surface area contributed by atoms with Crippen LogP contribution in [0.5, 0.6) is 0 Å². The van der Waals surface area contributed by atoms with Gasteiger partial charge in [0.05, 0.1) is 32.3 Å². The van der Waals surface area contributed by atoms with E-state index in [4.69, 9.17) is 10.5 Å². The molecule has 2 rings (SSSR count). The molecule has 1 saturated heterocycles. The lowest BCUT2D eigenvalue weighted by atomic mass is 10.1. The Labute approximate surface area is 189 Å². The van der Waals surface area contributed by atoms with E-state index >= 15 is 0 Å². The number of anilines is 1. The Hall–Kier alpha value is -3.61. The van der Waals surface area contributed by atoms with Crippen molar-refractivity contribution in [3.8, 4) is 0 Å². The van der Waals surface area contributed by atoms with Gasteiger partial charge in [0.1, 0.15) is 11.5 Å². The van der Waals surface area contributed by atoms with Crippen molar-refractivity contribution in [1.29, 1.82) is 0 Å². The van der Waals surface area contributed by atoms with Crippen LogP contribution in [0.15, 0.2) is 35.6 Å². The molecule has 2 heterocycles. The number of ether oxygens (including phenoxy) is 1. The maximum Gasteiger partial charge on any atom is 0.318 e. The zero-order chi connectivity index (χ0) is 24.4. The number of hydrogen-bond donors (Lipinski definition) is 4. The number of carbonyl (C=O) groups excluding carboxylic acids is 3. The summed E-state index contributed by atoms with van der Waals surface area (Å²) in [6, 6.07) is 1.50. The number of rotatable bonds is 10. The van der Waals surface area contributed by atoms with Crippen LogP contribution in [0.3, 0.4) is 0 Å². The predicted molar refractivity (Wildman–Crippen MR) is 117 cm³/mol. The third kappa shape index (κ3) is 7.49. The monoisotopic (exact) mass is 467 g/mol. The van der Waals surface area contributed by atoms with Crippen LogP contribution < -0.4 is 21.7 Å². The lowest BCUT2D eigenvalue weighted by molar-refractivity contribution is -0.120. The second-order valence-corrected chi connectivity index (χ2v) is 7.04. The van der Waals surface area contributed by atoms with Crippen LogP contribution in [0.1, 0.15) is 18.5 Å². The molecule has 0 aromatic carbocycles. The smallest absolute Gasteiger partial charge is 0.318 e. The Morgan fingerprint density at radius 3 is 2.91 bits per heavy atom. The summed E-state index contributed by atoms with van der Waals surface area (Å²) in [5.74, 6) is -4.14. The van der Waals surface area contributed by atoms with Gasteiger partial charge in [0, 0.05) is 19.9 Å². The van der Waals surface area contributed by atoms with E-state index in [0.29, 0.717) is 12.1 Å². The highest BCUT2D eigenvalue weighted by Gasteiger charge is 2.42. The van der Waals surface area contributed by atoms with Crippen LogP contribution >= 0.6 is 0 Å². The molecule has 4 amide bonds. The number of carbonyl (C=O) groups is 3. The number of nitrogens with zero attached hydrogens (tertiary/aromatic N) is 3. The first-order valence-electron chi connectivity index (χ1n) is 10.1. The SMILES string of the molecule is CCN=C(/C=C\N)C(=O)NCC(=O)Nc1cc(C(COC)N2CC(F)(F)CNC2=O)ccn1. The number of halogens is 2. The lowest BCUT2D eigenvalue weighted by Crippen LogP contribution is -2.58. The van der Waals surface area contributed by atoms with Crippen LogP contribution in [-0.4, -0.2) is 79.3 Å². The van der Waals surface area contributed by atoms with Crippen molar-refractivity contribution in [3.63, 3.8) is 0 Å². The van der Waals surface area contributed by atoms with E-state index in [1.807, 2.05) is 0 Å². The van der Waals surface area contributed by atoms with Gasteiger partial charge in [-0.15, -0.1) is 0 Å². The second kappa shape index (κ2) is 11.9. The van der Waals surface area contributed by atoms with Crippen molar-refractivity contribution < 1.29 is 27.9 Å². The van der Waals surface area contributed by atoms with Crippen molar-refractivity contribution in [1.82, 2.24) is 20.5 Å². The van der Waals surface area contributed by atoms with Gasteiger partial charge in [-0.05, 0) is 36.9 Å². The quantitative estimate of drug-likeness (QED) is 0.366. The molecule has 0 aliphatic carbocycles. The van der Waals surface area contributed by atoms with E-state index in [0.717, 1.165) is 4.90 Å². The fourth-order valence-corrected chi connectivity index (χ4v) is 3.08. The summed E-state index contributed by atoms with van der Waals surface area (Å²) in [4.78, 5) is 45.5. The van der Waals surface area contributed by atoms with Crippen LogP contribution in [0.2, 0.25) is 0 Å². The summed E-state index contributed by atoms with van der Waals surface area (Å²) >= 11 is 0. The zero-order valence-corrected chi connectivity index (χ0v) is 18.3.